The predicted octanol–water partition coefficient (Wildman–Crippen LogP) is 3.37. The Labute approximate surface area is 111 Å². The van der Waals surface area contributed by atoms with E-state index in [1.807, 2.05) is 0 Å². The molecule has 0 saturated carbocycles. The summed E-state index contributed by atoms with van der Waals surface area (Å²) in [6.07, 6.45) is -8.77. The summed E-state index contributed by atoms with van der Waals surface area (Å²) in [5.41, 5.74) is 0. The Balaban J connectivity index is 3.09. The summed E-state index contributed by atoms with van der Waals surface area (Å²) in [6.45, 7) is 0. The number of ketones is 2. The van der Waals surface area contributed by atoms with Gasteiger partial charge in [0.2, 0.25) is 12.0 Å². The standard InChI is InChI=1S/C10H5F7O2S/c11-5(7(12)13)9(14,15)8(19)10(16,17)6(18)4-2-1-3-20-4/h1-3,5,7H. The lowest BCUT2D eigenvalue weighted by atomic mass is 10.00. The van der Waals surface area contributed by atoms with Gasteiger partial charge in [0.1, 0.15) is 0 Å². The lowest BCUT2D eigenvalue weighted by Crippen LogP contribution is -2.53. The van der Waals surface area contributed by atoms with Crippen LogP contribution in [-0.4, -0.2) is 36.0 Å². The number of hydrogen-bond acceptors (Lipinski definition) is 3. The molecule has 10 heteroatoms. The minimum absolute atomic E-state index is 0.432. The van der Waals surface area contributed by atoms with Crippen LogP contribution in [0.2, 0.25) is 0 Å². The van der Waals surface area contributed by atoms with Gasteiger partial charge in [0.15, 0.2) is 0 Å². The average Bonchev–Trinajstić information content (AvgIpc) is 2.89. The zero-order valence-corrected chi connectivity index (χ0v) is 10.1. The Hall–Kier alpha value is -1.45. The van der Waals surface area contributed by atoms with Gasteiger partial charge in [-0.2, -0.15) is 17.6 Å². The Kier molecular flexibility index (Phi) is 4.57. The van der Waals surface area contributed by atoms with Crippen LogP contribution in [0.3, 0.4) is 0 Å². The Morgan fingerprint density at radius 3 is 2.05 bits per heavy atom. The first-order valence-electron chi connectivity index (χ1n) is 4.84. The van der Waals surface area contributed by atoms with E-state index in [4.69, 9.17) is 0 Å². The van der Waals surface area contributed by atoms with Gasteiger partial charge in [-0.25, -0.2) is 13.2 Å². The van der Waals surface area contributed by atoms with Gasteiger partial charge in [-0.05, 0) is 11.4 Å². The second-order valence-corrected chi connectivity index (χ2v) is 4.52. The maximum absolute atomic E-state index is 13.3. The van der Waals surface area contributed by atoms with Crippen molar-refractivity contribution in [3.05, 3.63) is 22.4 Å². The Bertz CT molecular complexity index is 498. The van der Waals surface area contributed by atoms with Gasteiger partial charge in [0.25, 0.3) is 12.2 Å². The lowest BCUT2D eigenvalue weighted by molar-refractivity contribution is -0.182. The zero-order chi connectivity index (χ0) is 15.7. The fourth-order valence-electron chi connectivity index (χ4n) is 1.16. The van der Waals surface area contributed by atoms with E-state index in [0.29, 0.717) is 11.3 Å². The molecule has 0 aliphatic carbocycles. The molecule has 0 saturated heterocycles. The molecule has 1 atom stereocenters. The van der Waals surface area contributed by atoms with E-state index in [9.17, 15) is 40.3 Å². The number of thiophene rings is 1. The van der Waals surface area contributed by atoms with Gasteiger partial charge >= 0.3 is 11.8 Å². The molecule has 0 amide bonds. The summed E-state index contributed by atoms with van der Waals surface area (Å²) >= 11 is 0.432. The fourth-order valence-corrected chi connectivity index (χ4v) is 1.85. The molecule has 1 heterocycles. The van der Waals surface area contributed by atoms with Crippen molar-refractivity contribution in [3.63, 3.8) is 0 Å². The summed E-state index contributed by atoms with van der Waals surface area (Å²) in [4.78, 5) is 21.4. The van der Waals surface area contributed by atoms with E-state index in [1.165, 1.54) is 0 Å². The molecule has 0 aliphatic heterocycles. The number of Topliss-reactive ketones (excluding diaryl/α,β-unsaturated/α-hetero) is 2. The highest BCUT2D eigenvalue weighted by Gasteiger charge is 2.64. The third kappa shape index (κ3) is 2.84. The minimum atomic E-state index is -5.68. The Morgan fingerprint density at radius 2 is 1.65 bits per heavy atom. The summed E-state index contributed by atoms with van der Waals surface area (Å²) in [7, 11) is 0. The molecule has 1 aromatic rings. The molecular formula is C10H5F7O2S. The van der Waals surface area contributed by atoms with Crippen LogP contribution in [0.15, 0.2) is 17.5 Å². The van der Waals surface area contributed by atoms with Gasteiger partial charge in [0, 0.05) is 0 Å². The van der Waals surface area contributed by atoms with Gasteiger partial charge < -0.3 is 0 Å². The molecule has 112 valence electrons. The van der Waals surface area contributed by atoms with E-state index in [-0.39, 0.29) is 0 Å². The van der Waals surface area contributed by atoms with Crippen LogP contribution < -0.4 is 0 Å². The van der Waals surface area contributed by atoms with E-state index >= 15 is 0 Å². The topological polar surface area (TPSA) is 34.1 Å². The van der Waals surface area contributed by atoms with E-state index in [0.717, 1.165) is 17.5 Å². The van der Waals surface area contributed by atoms with Crippen LogP contribution in [0, 0.1) is 0 Å². The highest BCUT2D eigenvalue weighted by Crippen LogP contribution is 2.35. The second-order valence-electron chi connectivity index (χ2n) is 3.57. The molecule has 0 radical (unpaired) electrons. The van der Waals surface area contributed by atoms with Gasteiger partial charge in [-0.15, -0.1) is 11.3 Å². The van der Waals surface area contributed by atoms with Crippen molar-refractivity contribution in [1.82, 2.24) is 0 Å². The molecule has 0 spiro atoms. The number of rotatable bonds is 6. The summed E-state index contributed by atoms with van der Waals surface area (Å²) in [5, 5.41) is 1.16. The number of carbonyl (C=O) groups is 2. The van der Waals surface area contributed by atoms with Crippen molar-refractivity contribution in [2.45, 2.75) is 24.4 Å². The molecule has 1 rings (SSSR count). The normalized spacial score (nSPS) is 14.4. The molecule has 0 bridgehead atoms. The predicted molar refractivity (Wildman–Crippen MR) is 54.5 cm³/mol. The fraction of sp³-hybridized carbons (Fsp3) is 0.400. The van der Waals surface area contributed by atoms with E-state index in [2.05, 4.69) is 0 Å². The van der Waals surface area contributed by atoms with Crippen molar-refractivity contribution < 1.29 is 40.3 Å². The van der Waals surface area contributed by atoms with Gasteiger partial charge in [0.05, 0.1) is 4.88 Å². The first kappa shape index (κ1) is 16.6. The maximum atomic E-state index is 13.3. The summed E-state index contributed by atoms with van der Waals surface area (Å²) in [5.74, 6) is -16.8. The largest absolute Gasteiger partial charge is 0.373 e. The van der Waals surface area contributed by atoms with E-state index in [1.54, 1.807) is 0 Å². The van der Waals surface area contributed by atoms with Crippen molar-refractivity contribution in [2.24, 2.45) is 0 Å². The van der Waals surface area contributed by atoms with Crippen LogP contribution in [-0.2, 0) is 4.79 Å². The van der Waals surface area contributed by atoms with Gasteiger partial charge in [-0.1, -0.05) is 6.07 Å². The summed E-state index contributed by atoms with van der Waals surface area (Å²) in [6, 6.07) is 1.96. The monoisotopic (exact) mass is 322 g/mol. The maximum Gasteiger partial charge on any atom is 0.373 e. The lowest BCUT2D eigenvalue weighted by Gasteiger charge is -2.22. The molecule has 0 fully saturated rings. The molecule has 2 nitrogen and oxygen atoms in total. The van der Waals surface area contributed by atoms with E-state index < -0.39 is 40.9 Å². The minimum Gasteiger partial charge on any atom is -0.286 e. The van der Waals surface area contributed by atoms with Crippen LogP contribution >= 0.6 is 11.3 Å². The number of hydrogen-bond donors (Lipinski definition) is 0. The first-order chi connectivity index (χ1) is 9.02. The van der Waals surface area contributed by atoms with Crippen molar-refractivity contribution in [2.75, 3.05) is 0 Å². The highest BCUT2D eigenvalue weighted by molar-refractivity contribution is 7.12. The van der Waals surface area contributed by atoms with Crippen LogP contribution in [0.25, 0.3) is 0 Å². The molecule has 0 aromatic carbocycles. The van der Waals surface area contributed by atoms with Crippen molar-refractivity contribution in [3.8, 4) is 0 Å². The van der Waals surface area contributed by atoms with Crippen LogP contribution in [0.5, 0.6) is 0 Å². The molecular weight excluding hydrogens is 317 g/mol. The number of alkyl halides is 7. The first-order valence-corrected chi connectivity index (χ1v) is 5.72. The third-order valence-electron chi connectivity index (χ3n) is 2.19. The quantitative estimate of drug-likeness (QED) is 0.457. The van der Waals surface area contributed by atoms with Gasteiger partial charge in [-0.3, -0.25) is 9.59 Å². The molecule has 0 N–H and O–H groups in total. The van der Waals surface area contributed by atoms with Crippen molar-refractivity contribution in [1.29, 1.82) is 0 Å². The second kappa shape index (κ2) is 5.51. The Morgan fingerprint density at radius 1 is 1.10 bits per heavy atom. The smallest absolute Gasteiger partial charge is 0.286 e. The third-order valence-corrected chi connectivity index (χ3v) is 3.05. The van der Waals surface area contributed by atoms with Crippen LogP contribution in [0.4, 0.5) is 30.7 Å². The molecule has 1 aromatic heterocycles. The summed E-state index contributed by atoms with van der Waals surface area (Å²) < 4.78 is 88.6. The van der Waals surface area contributed by atoms with Crippen molar-refractivity contribution >= 4 is 22.9 Å². The zero-order valence-electron chi connectivity index (χ0n) is 9.26. The number of halogens is 7. The molecule has 20 heavy (non-hydrogen) atoms. The van der Waals surface area contributed by atoms with Crippen LogP contribution in [0.1, 0.15) is 9.67 Å². The average molecular weight is 322 g/mol. The SMILES string of the molecule is O=C(c1cccs1)C(F)(F)C(=O)C(F)(F)C(F)C(F)F. The highest BCUT2D eigenvalue weighted by atomic mass is 32.1. The molecule has 0 aliphatic rings. The number of carbonyl (C=O) groups excluding carboxylic acids is 2. The molecule has 1 unspecified atom stereocenters.